The van der Waals surface area contributed by atoms with E-state index in [1.807, 2.05) is 5.32 Å². The minimum absolute atomic E-state index is 0.149. The van der Waals surface area contributed by atoms with Gasteiger partial charge in [-0.05, 0) is 45.0 Å². The number of amides is 3. The quantitative estimate of drug-likeness (QED) is 0.708. The number of carbonyl (C=O) groups is 3. The highest BCUT2D eigenvalue weighted by Gasteiger charge is 2.27. The SMILES string of the molecule is CC(C)NC(=O)NC(=O)[C@@H](C)OC(=O)c1ccc(S(=O)(=O)C(F)F)cc1. The lowest BCUT2D eigenvalue weighted by molar-refractivity contribution is -0.127. The molecule has 1 aromatic carbocycles. The summed E-state index contributed by atoms with van der Waals surface area (Å²) in [5.41, 5.74) is -0.149. The average Bonchev–Trinajstić information content (AvgIpc) is 2.53. The third-order valence-corrected chi connectivity index (χ3v) is 4.36. The van der Waals surface area contributed by atoms with Gasteiger partial charge in [-0.1, -0.05) is 0 Å². The van der Waals surface area contributed by atoms with Gasteiger partial charge in [0.25, 0.3) is 5.91 Å². The summed E-state index contributed by atoms with van der Waals surface area (Å²) in [6.45, 7) is 4.60. The Morgan fingerprint density at radius 1 is 1.04 bits per heavy atom. The lowest BCUT2D eigenvalue weighted by Gasteiger charge is -2.14. The number of nitrogens with one attached hydrogen (secondary N) is 2. The largest absolute Gasteiger partial charge is 0.449 e. The van der Waals surface area contributed by atoms with E-state index in [0.717, 1.165) is 24.3 Å². The first-order valence-electron chi connectivity index (χ1n) is 7.39. The van der Waals surface area contributed by atoms with Crippen molar-refractivity contribution in [1.29, 1.82) is 0 Å². The van der Waals surface area contributed by atoms with Crippen molar-refractivity contribution in [3.63, 3.8) is 0 Å². The molecule has 0 saturated heterocycles. The summed E-state index contributed by atoms with van der Waals surface area (Å²) >= 11 is 0. The van der Waals surface area contributed by atoms with Crippen LogP contribution in [-0.2, 0) is 19.4 Å². The summed E-state index contributed by atoms with van der Waals surface area (Å²) in [6, 6.07) is 2.66. The van der Waals surface area contributed by atoms with Gasteiger partial charge in [-0.2, -0.15) is 8.78 Å². The number of carbonyl (C=O) groups excluding carboxylic acids is 3. The molecular formula is C15H18F2N2O6S. The first-order valence-corrected chi connectivity index (χ1v) is 8.94. The smallest absolute Gasteiger partial charge is 0.341 e. The third-order valence-electron chi connectivity index (χ3n) is 2.96. The molecule has 0 aliphatic carbocycles. The zero-order valence-electron chi connectivity index (χ0n) is 14.2. The Bertz CT molecular complexity index is 778. The van der Waals surface area contributed by atoms with Crippen LogP contribution in [0, 0.1) is 0 Å². The fraction of sp³-hybridized carbons (Fsp3) is 0.400. The number of urea groups is 1. The number of ether oxygens (including phenoxy) is 1. The summed E-state index contributed by atoms with van der Waals surface area (Å²) in [7, 11) is -4.77. The molecule has 0 bridgehead atoms. The molecule has 26 heavy (non-hydrogen) atoms. The van der Waals surface area contributed by atoms with E-state index >= 15 is 0 Å². The minimum Gasteiger partial charge on any atom is -0.449 e. The van der Waals surface area contributed by atoms with Crippen LogP contribution in [0.4, 0.5) is 13.6 Å². The van der Waals surface area contributed by atoms with Crippen molar-refractivity contribution in [3.8, 4) is 0 Å². The standard InChI is InChI=1S/C15H18F2N2O6S/c1-8(2)18-15(22)19-12(20)9(3)25-13(21)10-4-6-11(7-5-10)26(23,24)14(16)17/h4-9,14H,1-3H3,(H2,18,19,20,22)/t9-/m1/s1. The maximum atomic E-state index is 12.4. The van der Waals surface area contributed by atoms with E-state index in [1.165, 1.54) is 6.92 Å². The second kappa shape index (κ2) is 8.70. The Morgan fingerprint density at radius 3 is 2.04 bits per heavy atom. The molecular weight excluding hydrogens is 374 g/mol. The van der Waals surface area contributed by atoms with E-state index < -0.39 is 44.5 Å². The molecule has 2 N–H and O–H groups in total. The lowest BCUT2D eigenvalue weighted by atomic mass is 10.2. The number of imide groups is 1. The Morgan fingerprint density at radius 2 is 1.58 bits per heavy atom. The molecule has 144 valence electrons. The van der Waals surface area contributed by atoms with E-state index in [-0.39, 0.29) is 11.6 Å². The molecule has 11 heteroatoms. The molecule has 1 atom stereocenters. The number of rotatable bonds is 6. The van der Waals surface area contributed by atoms with Crippen LogP contribution in [0.1, 0.15) is 31.1 Å². The van der Waals surface area contributed by atoms with Crippen LogP contribution in [0.5, 0.6) is 0 Å². The van der Waals surface area contributed by atoms with Crippen LogP contribution < -0.4 is 10.6 Å². The topological polar surface area (TPSA) is 119 Å². The average molecular weight is 392 g/mol. The summed E-state index contributed by atoms with van der Waals surface area (Å²) in [5, 5.41) is 4.39. The summed E-state index contributed by atoms with van der Waals surface area (Å²) in [4.78, 5) is 34.4. The van der Waals surface area contributed by atoms with Crippen molar-refractivity contribution in [1.82, 2.24) is 10.6 Å². The molecule has 0 unspecified atom stereocenters. The van der Waals surface area contributed by atoms with Gasteiger partial charge in [0, 0.05) is 6.04 Å². The number of alkyl halides is 2. The zero-order chi connectivity index (χ0) is 20.1. The number of hydrogen-bond acceptors (Lipinski definition) is 6. The monoisotopic (exact) mass is 392 g/mol. The molecule has 0 aromatic heterocycles. The summed E-state index contributed by atoms with van der Waals surface area (Å²) < 4.78 is 52.3. The molecule has 0 aliphatic rings. The fourth-order valence-electron chi connectivity index (χ4n) is 1.68. The second-order valence-corrected chi connectivity index (χ2v) is 7.41. The highest BCUT2D eigenvalue weighted by molar-refractivity contribution is 7.91. The van der Waals surface area contributed by atoms with Gasteiger partial charge < -0.3 is 10.1 Å². The van der Waals surface area contributed by atoms with E-state index in [4.69, 9.17) is 4.74 Å². The maximum Gasteiger partial charge on any atom is 0.341 e. The highest BCUT2D eigenvalue weighted by atomic mass is 32.2. The third kappa shape index (κ3) is 5.76. The molecule has 0 saturated carbocycles. The van der Waals surface area contributed by atoms with Gasteiger partial charge in [0.15, 0.2) is 6.10 Å². The van der Waals surface area contributed by atoms with Crippen LogP contribution >= 0.6 is 0 Å². The number of sulfone groups is 1. The van der Waals surface area contributed by atoms with Crippen molar-refractivity contribution in [3.05, 3.63) is 29.8 Å². The molecule has 0 radical (unpaired) electrons. The second-order valence-electron chi connectivity index (χ2n) is 5.49. The van der Waals surface area contributed by atoms with Crippen molar-refractivity contribution < 1.29 is 36.3 Å². The van der Waals surface area contributed by atoms with Crippen molar-refractivity contribution in [2.24, 2.45) is 0 Å². The Labute approximate surface area is 148 Å². The van der Waals surface area contributed by atoms with E-state index in [2.05, 4.69) is 5.32 Å². The molecule has 0 fully saturated rings. The fourth-order valence-corrected chi connectivity index (χ4v) is 2.40. The molecule has 0 heterocycles. The first kappa shape index (κ1) is 21.5. The molecule has 1 rings (SSSR count). The predicted molar refractivity (Wildman–Crippen MR) is 86.3 cm³/mol. The van der Waals surface area contributed by atoms with Gasteiger partial charge in [0.2, 0.25) is 9.84 Å². The van der Waals surface area contributed by atoms with Gasteiger partial charge in [-0.3, -0.25) is 10.1 Å². The highest BCUT2D eigenvalue weighted by Crippen LogP contribution is 2.19. The number of benzene rings is 1. The van der Waals surface area contributed by atoms with Gasteiger partial charge >= 0.3 is 17.8 Å². The van der Waals surface area contributed by atoms with Crippen LogP contribution in [0.3, 0.4) is 0 Å². The predicted octanol–water partition coefficient (Wildman–Crippen LogP) is 1.46. The van der Waals surface area contributed by atoms with E-state index in [1.54, 1.807) is 13.8 Å². The Hall–Kier alpha value is -2.56. The van der Waals surface area contributed by atoms with E-state index in [9.17, 15) is 31.6 Å². The van der Waals surface area contributed by atoms with Crippen LogP contribution in [0.25, 0.3) is 0 Å². The van der Waals surface area contributed by atoms with Crippen molar-refractivity contribution in [2.75, 3.05) is 0 Å². The van der Waals surface area contributed by atoms with Gasteiger partial charge in [-0.25, -0.2) is 18.0 Å². The molecule has 1 aromatic rings. The maximum absolute atomic E-state index is 12.4. The van der Waals surface area contributed by atoms with Crippen molar-refractivity contribution >= 4 is 27.7 Å². The molecule has 0 spiro atoms. The number of halogens is 2. The zero-order valence-corrected chi connectivity index (χ0v) is 15.0. The van der Waals surface area contributed by atoms with Crippen LogP contribution in [0.2, 0.25) is 0 Å². The molecule has 0 aliphatic heterocycles. The Kier molecular flexibility index (Phi) is 7.19. The van der Waals surface area contributed by atoms with Crippen LogP contribution in [0.15, 0.2) is 29.2 Å². The van der Waals surface area contributed by atoms with Gasteiger partial charge in [0.05, 0.1) is 10.5 Å². The minimum atomic E-state index is -4.77. The Balaban J connectivity index is 2.73. The molecule has 8 nitrogen and oxygen atoms in total. The van der Waals surface area contributed by atoms with E-state index in [0.29, 0.717) is 0 Å². The first-order chi connectivity index (χ1) is 11.9. The van der Waals surface area contributed by atoms with Gasteiger partial charge in [0.1, 0.15) is 0 Å². The normalized spacial score (nSPS) is 12.6. The van der Waals surface area contributed by atoms with Crippen molar-refractivity contribution in [2.45, 2.75) is 43.6 Å². The van der Waals surface area contributed by atoms with Crippen LogP contribution in [-0.4, -0.2) is 44.2 Å². The summed E-state index contributed by atoms with van der Waals surface area (Å²) in [6.07, 6.45) is -1.31. The number of hydrogen-bond donors (Lipinski definition) is 2. The molecule has 3 amide bonds. The van der Waals surface area contributed by atoms with Gasteiger partial charge in [-0.15, -0.1) is 0 Å². The summed E-state index contributed by atoms with van der Waals surface area (Å²) in [5.74, 6) is -5.44. The number of esters is 1. The lowest BCUT2D eigenvalue weighted by Crippen LogP contribution is -2.46.